The predicted octanol–water partition coefficient (Wildman–Crippen LogP) is 3.23. The van der Waals surface area contributed by atoms with Crippen LogP contribution in [0.25, 0.3) is 0 Å². The van der Waals surface area contributed by atoms with Crippen LogP contribution in [0.1, 0.15) is 13.3 Å². The summed E-state index contributed by atoms with van der Waals surface area (Å²) in [6, 6.07) is 0. The highest BCUT2D eigenvalue weighted by atomic mass is 32.2. The number of hydrogen-bond acceptors (Lipinski definition) is 5. The van der Waals surface area contributed by atoms with Crippen molar-refractivity contribution in [3.05, 3.63) is 0 Å². The maximum Gasteiger partial charge on any atom is 0.405 e. The van der Waals surface area contributed by atoms with Crippen molar-refractivity contribution in [1.29, 1.82) is 0 Å². The average molecular weight is 285 g/mol. The summed E-state index contributed by atoms with van der Waals surface area (Å²) in [7, 11) is 0. The zero-order valence-corrected chi connectivity index (χ0v) is 11.2. The van der Waals surface area contributed by atoms with Gasteiger partial charge in [0, 0.05) is 6.54 Å². The van der Waals surface area contributed by atoms with Gasteiger partial charge < -0.3 is 10.6 Å². The molecule has 1 aromatic heterocycles. The third-order valence-corrected chi connectivity index (χ3v) is 3.88. The molecule has 0 aromatic carbocycles. The predicted molar refractivity (Wildman–Crippen MR) is 66.9 cm³/mol. The first kappa shape index (κ1) is 14.4. The first-order chi connectivity index (χ1) is 7.89. The Morgan fingerprint density at radius 1 is 1.47 bits per heavy atom. The summed E-state index contributed by atoms with van der Waals surface area (Å²) < 4.78 is 41.3. The van der Waals surface area contributed by atoms with Gasteiger partial charge >= 0.3 is 6.18 Å². The van der Waals surface area contributed by atoms with E-state index in [1.165, 1.54) is 16.7 Å². The van der Waals surface area contributed by atoms with Crippen LogP contribution < -0.4 is 10.6 Å². The van der Waals surface area contributed by atoms with Gasteiger partial charge in [0.05, 0.1) is 4.90 Å². The van der Waals surface area contributed by atoms with E-state index in [4.69, 9.17) is 5.73 Å². The summed E-state index contributed by atoms with van der Waals surface area (Å²) in [5.41, 5.74) is 5.62. The fraction of sp³-hybridized carbons (Fsp3) is 0.667. The lowest BCUT2D eigenvalue weighted by atomic mass is 10.4. The second-order valence-corrected chi connectivity index (χ2v) is 5.01. The Morgan fingerprint density at radius 3 is 2.59 bits per heavy atom. The minimum atomic E-state index is -4.22. The van der Waals surface area contributed by atoms with E-state index in [0.717, 1.165) is 11.5 Å². The minimum Gasteiger partial charge on any atom is -0.382 e. The van der Waals surface area contributed by atoms with Crippen molar-refractivity contribution in [1.82, 2.24) is 4.37 Å². The Balaban J connectivity index is 2.96. The SMILES string of the molecule is CCCN(CC(F)(F)F)c1snc(N)c1SC. The van der Waals surface area contributed by atoms with Gasteiger partial charge in [0.25, 0.3) is 0 Å². The molecular formula is C9H14F3N3S2. The second-order valence-electron chi connectivity index (χ2n) is 3.44. The number of rotatable bonds is 5. The van der Waals surface area contributed by atoms with Gasteiger partial charge in [0.15, 0.2) is 5.82 Å². The normalized spacial score (nSPS) is 11.8. The first-order valence-electron chi connectivity index (χ1n) is 5.00. The molecular weight excluding hydrogens is 271 g/mol. The molecule has 1 rings (SSSR count). The van der Waals surface area contributed by atoms with E-state index >= 15 is 0 Å². The van der Waals surface area contributed by atoms with Crippen molar-refractivity contribution in [3.8, 4) is 0 Å². The maximum atomic E-state index is 12.5. The van der Waals surface area contributed by atoms with Gasteiger partial charge in [-0.05, 0) is 24.2 Å². The average Bonchev–Trinajstić information content (AvgIpc) is 2.56. The van der Waals surface area contributed by atoms with E-state index in [9.17, 15) is 13.2 Å². The molecule has 1 aromatic rings. The largest absolute Gasteiger partial charge is 0.405 e. The molecule has 0 fully saturated rings. The van der Waals surface area contributed by atoms with Crippen molar-refractivity contribution in [2.45, 2.75) is 24.4 Å². The molecule has 8 heteroatoms. The number of halogens is 3. The Hall–Kier alpha value is -0.630. The van der Waals surface area contributed by atoms with Crippen molar-refractivity contribution >= 4 is 34.1 Å². The second kappa shape index (κ2) is 5.81. The van der Waals surface area contributed by atoms with Crippen molar-refractivity contribution in [2.24, 2.45) is 0 Å². The van der Waals surface area contributed by atoms with Crippen LogP contribution in [0.3, 0.4) is 0 Å². The molecule has 0 atom stereocenters. The molecule has 2 N–H and O–H groups in total. The zero-order valence-electron chi connectivity index (χ0n) is 9.54. The van der Waals surface area contributed by atoms with Gasteiger partial charge in [-0.1, -0.05) is 6.92 Å². The van der Waals surface area contributed by atoms with E-state index in [-0.39, 0.29) is 0 Å². The zero-order chi connectivity index (χ0) is 13.1. The number of nitrogens with two attached hydrogens (primary N) is 1. The topological polar surface area (TPSA) is 42.2 Å². The molecule has 0 bridgehead atoms. The highest BCUT2D eigenvalue weighted by Gasteiger charge is 2.32. The monoisotopic (exact) mass is 285 g/mol. The first-order valence-corrected chi connectivity index (χ1v) is 6.99. The van der Waals surface area contributed by atoms with E-state index in [1.807, 2.05) is 6.92 Å². The molecule has 17 heavy (non-hydrogen) atoms. The van der Waals surface area contributed by atoms with Gasteiger partial charge in [-0.15, -0.1) is 11.8 Å². The number of nitrogens with zero attached hydrogens (tertiary/aromatic N) is 2. The van der Waals surface area contributed by atoms with Crippen LogP contribution in [-0.4, -0.2) is 29.9 Å². The summed E-state index contributed by atoms with van der Waals surface area (Å²) in [4.78, 5) is 1.92. The van der Waals surface area contributed by atoms with Crippen molar-refractivity contribution in [3.63, 3.8) is 0 Å². The Bertz CT molecular complexity index is 365. The molecule has 0 aliphatic heterocycles. The molecule has 3 nitrogen and oxygen atoms in total. The molecule has 1 heterocycles. The standard InChI is InChI=1S/C9H14F3N3S2/c1-3-4-15(5-9(10,11)12)8-6(16-2)7(13)14-17-8/h3-5H2,1-2H3,(H2,13,14). The van der Waals surface area contributed by atoms with Crippen molar-refractivity contribution < 1.29 is 13.2 Å². The fourth-order valence-electron chi connectivity index (χ4n) is 1.42. The summed E-state index contributed by atoms with van der Waals surface area (Å²) in [5, 5.41) is 0.508. The van der Waals surface area contributed by atoms with Gasteiger partial charge in [0.1, 0.15) is 11.5 Å². The molecule has 0 amide bonds. The van der Waals surface area contributed by atoms with Gasteiger partial charge in [-0.3, -0.25) is 0 Å². The molecule has 0 unspecified atom stereocenters. The van der Waals surface area contributed by atoms with Crippen LogP contribution in [0.4, 0.5) is 24.0 Å². The van der Waals surface area contributed by atoms with Crippen LogP contribution in [0.2, 0.25) is 0 Å². The third-order valence-electron chi connectivity index (χ3n) is 2.01. The number of anilines is 2. The molecule has 0 aliphatic carbocycles. The summed E-state index contributed by atoms with van der Waals surface area (Å²) >= 11 is 2.34. The van der Waals surface area contributed by atoms with Gasteiger partial charge in [-0.25, -0.2) is 0 Å². The highest BCUT2D eigenvalue weighted by molar-refractivity contribution is 7.99. The summed E-state index contributed by atoms with van der Waals surface area (Å²) in [5.74, 6) is 0.306. The fourth-order valence-corrected chi connectivity index (χ4v) is 3.13. The van der Waals surface area contributed by atoms with Crippen LogP contribution in [0, 0.1) is 0 Å². The molecule has 0 radical (unpaired) electrons. The van der Waals surface area contributed by atoms with Crippen LogP contribution in [0.5, 0.6) is 0 Å². The lowest BCUT2D eigenvalue weighted by Gasteiger charge is -2.24. The molecule has 0 aliphatic rings. The van der Waals surface area contributed by atoms with E-state index in [1.54, 1.807) is 6.26 Å². The Kier molecular flexibility index (Phi) is 4.93. The lowest BCUT2D eigenvalue weighted by molar-refractivity contribution is -0.119. The van der Waals surface area contributed by atoms with Crippen LogP contribution >= 0.6 is 23.3 Å². The van der Waals surface area contributed by atoms with Crippen LogP contribution in [-0.2, 0) is 0 Å². The highest BCUT2D eigenvalue weighted by Crippen LogP contribution is 2.38. The van der Waals surface area contributed by atoms with Gasteiger partial charge in [0.2, 0.25) is 0 Å². The third kappa shape index (κ3) is 3.95. The van der Waals surface area contributed by atoms with Gasteiger partial charge in [-0.2, -0.15) is 17.5 Å². The number of hydrogen-bond donors (Lipinski definition) is 1. The maximum absolute atomic E-state index is 12.5. The Labute approximate surface area is 106 Å². The minimum absolute atomic E-state index is 0.306. The quantitative estimate of drug-likeness (QED) is 0.843. The number of nitrogen functional groups attached to an aromatic ring is 1. The van der Waals surface area contributed by atoms with Crippen LogP contribution in [0.15, 0.2) is 4.90 Å². The number of thioether (sulfide) groups is 1. The molecule has 98 valence electrons. The number of aromatic nitrogens is 1. The lowest BCUT2D eigenvalue weighted by Crippen LogP contribution is -2.34. The summed E-state index contributed by atoms with van der Waals surface area (Å²) in [6.45, 7) is 1.22. The van der Waals surface area contributed by atoms with Crippen molar-refractivity contribution in [2.75, 3.05) is 30.0 Å². The smallest absolute Gasteiger partial charge is 0.382 e. The van der Waals surface area contributed by atoms with E-state index in [2.05, 4.69) is 4.37 Å². The molecule has 0 saturated carbocycles. The molecule has 0 saturated heterocycles. The number of alkyl halides is 3. The van der Waals surface area contributed by atoms with E-state index in [0.29, 0.717) is 28.7 Å². The van der Waals surface area contributed by atoms with E-state index < -0.39 is 12.7 Å². The Morgan fingerprint density at radius 2 is 2.12 bits per heavy atom. The summed E-state index contributed by atoms with van der Waals surface area (Å²) in [6.07, 6.45) is -1.80. The molecule has 0 spiro atoms.